The number of rotatable bonds is 5. The summed E-state index contributed by atoms with van der Waals surface area (Å²) in [6.07, 6.45) is 0. The highest BCUT2D eigenvalue weighted by Crippen LogP contribution is 2.19. The minimum absolute atomic E-state index is 0. The highest BCUT2D eigenvalue weighted by atomic mass is 35.5. The van der Waals surface area contributed by atoms with E-state index in [2.05, 4.69) is 10.1 Å². The predicted molar refractivity (Wildman–Crippen MR) is 73.4 cm³/mol. The Morgan fingerprint density at radius 3 is 2.95 bits per heavy atom. The van der Waals surface area contributed by atoms with Crippen LogP contribution < -0.4 is 0 Å². The van der Waals surface area contributed by atoms with Crippen LogP contribution in [0, 0.1) is 0 Å². The number of carboxylic acid groups (broad SMARTS) is 1. The number of hydrogen-bond acceptors (Lipinski definition) is 6. The van der Waals surface area contributed by atoms with Crippen LogP contribution in [0.5, 0.6) is 0 Å². The Hall–Kier alpha value is -1.44. The molecular weight excluding hydrogens is 290 g/mol. The molecule has 6 nitrogen and oxygen atoms in total. The normalized spacial score (nSPS) is 12.2. The summed E-state index contributed by atoms with van der Waals surface area (Å²) in [7, 11) is 1.70. The lowest BCUT2D eigenvalue weighted by Crippen LogP contribution is -2.35. The molecule has 2 aromatic heterocycles. The van der Waals surface area contributed by atoms with Gasteiger partial charge in [0.15, 0.2) is 0 Å². The van der Waals surface area contributed by atoms with E-state index < -0.39 is 12.0 Å². The maximum absolute atomic E-state index is 10.8. The maximum Gasteiger partial charge on any atom is 0.320 e. The topological polar surface area (TPSA) is 79.5 Å². The molecule has 0 spiro atoms. The molecule has 104 valence electrons. The Bertz CT molecular complexity index is 529. The number of carboxylic acids is 1. The molecule has 1 unspecified atom stereocenters. The molecule has 0 saturated carbocycles. The molecule has 0 bridgehead atoms. The van der Waals surface area contributed by atoms with Crippen LogP contribution in [0.15, 0.2) is 21.3 Å². The summed E-state index contributed by atoms with van der Waals surface area (Å²) in [5.41, 5.74) is 0.906. The van der Waals surface area contributed by atoms with Crippen LogP contribution in [0.3, 0.4) is 0 Å². The van der Waals surface area contributed by atoms with Gasteiger partial charge in [0, 0.05) is 10.9 Å². The van der Waals surface area contributed by atoms with E-state index in [-0.39, 0.29) is 12.4 Å². The second-order valence-corrected chi connectivity index (χ2v) is 4.73. The molecule has 2 aromatic rings. The second kappa shape index (κ2) is 6.65. The number of halogens is 1. The van der Waals surface area contributed by atoms with Crippen LogP contribution in [0.4, 0.5) is 0 Å². The van der Waals surface area contributed by atoms with E-state index in [1.165, 1.54) is 0 Å². The van der Waals surface area contributed by atoms with Crippen molar-refractivity contribution >= 4 is 29.7 Å². The van der Waals surface area contributed by atoms with Gasteiger partial charge in [-0.1, -0.05) is 5.16 Å². The van der Waals surface area contributed by atoms with Crippen molar-refractivity contribution in [2.45, 2.75) is 19.5 Å². The number of aromatic nitrogens is 2. The monoisotopic (exact) mass is 303 g/mol. The molecule has 0 radical (unpaired) electrons. The highest BCUT2D eigenvalue weighted by Gasteiger charge is 2.19. The molecule has 19 heavy (non-hydrogen) atoms. The van der Waals surface area contributed by atoms with E-state index in [0.29, 0.717) is 18.3 Å². The summed E-state index contributed by atoms with van der Waals surface area (Å²) < 4.78 is 5.10. The lowest BCUT2D eigenvalue weighted by atomic mass is 10.3. The van der Waals surface area contributed by atoms with Crippen LogP contribution in [0.1, 0.15) is 12.8 Å². The van der Waals surface area contributed by atoms with E-state index in [1.807, 2.05) is 16.8 Å². The van der Waals surface area contributed by atoms with Crippen molar-refractivity contribution in [3.63, 3.8) is 0 Å². The van der Waals surface area contributed by atoms with Gasteiger partial charge in [0.05, 0.1) is 6.54 Å². The van der Waals surface area contributed by atoms with Gasteiger partial charge in [-0.15, -0.1) is 12.4 Å². The molecule has 2 heterocycles. The number of nitrogens with zero attached hydrogens (tertiary/aromatic N) is 3. The SMILES string of the molecule is CC(C(=O)O)N(C)Cc1nc(-c2ccsc2)no1.Cl. The number of hydrogen-bond donors (Lipinski definition) is 1. The average Bonchev–Trinajstić information content (AvgIpc) is 2.96. The third-order valence-electron chi connectivity index (χ3n) is 2.65. The van der Waals surface area contributed by atoms with E-state index in [0.717, 1.165) is 5.56 Å². The molecule has 0 aliphatic carbocycles. The van der Waals surface area contributed by atoms with Gasteiger partial charge in [0.1, 0.15) is 6.04 Å². The summed E-state index contributed by atoms with van der Waals surface area (Å²) in [6.45, 7) is 1.92. The molecule has 0 aromatic carbocycles. The van der Waals surface area contributed by atoms with Gasteiger partial charge < -0.3 is 9.63 Å². The molecule has 0 amide bonds. The zero-order valence-corrected chi connectivity index (χ0v) is 12.1. The highest BCUT2D eigenvalue weighted by molar-refractivity contribution is 7.08. The largest absolute Gasteiger partial charge is 0.480 e. The Morgan fingerprint density at radius 1 is 1.63 bits per heavy atom. The van der Waals surface area contributed by atoms with Crippen molar-refractivity contribution in [3.8, 4) is 11.4 Å². The Morgan fingerprint density at radius 2 is 2.37 bits per heavy atom. The molecule has 2 rings (SSSR count). The van der Waals surface area contributed by atoms with Gasteiger partial charge in [-0.25, -0.2) is 0 Å². The van der Waals surface area contributed by atoms with Crippen molar-refractivity contribution in [3.05, 3.63) is 22.7 Å². The summed E-state index contributed by atoms with van der Waals surface area (Å²) in [4.78, 5) is 16.7. The molecule has 1 atom stereocenters. The van der Waals surface area contributed by atoms with Gasteiger partial charge in [-0.05, 0) is 25.4 Å². The third kappa shape index (κ3) is 3.76. The summed E-state index contributed by atoms with van der Waals surface area (Å²) in [6, 6.07) is 1.31. The fourth-order valence-corrected chi connectivity index (χ4v) is 2.00. The fourth-order valence-electron chi connectivity index (χ4n) is 1.37. The minimum atomic E-state index is -0.880. The van der Waals surface area contributed by atoms with Gasteiger partial charge in [0.25, 0.3) is 0 Å². The van der Waals surface area contributed by atoms with Gasteiger partial charge >= 0.3 is 5.97 Å². The zero-order chi connectivity index (χ0) is 13.1. The Balaban J connectivity index is 0.00000180. The lowest BCUT2D eigenvalue weighted by Gasteiger charge is -2.18. The van der Waals surface area contributed by atoms with Crippen LogP contribution in [-0.4, -0.2) is 39.2 Å². The van der Waals surface area contributed by atoms with E-state index in [9.17, 15) is 4.79 Å². The average molecular weight is 304 g/mol. The number of carbonyl (C=O) groups is 1. The van der Waals surface area contributed by atoms with Crippen molar-refractivity contribution < 1.29 is 14.4 Å². The van der Waals surface area contributed by atoms with Crippen LogP contribution in [-0.2, 0) is 11.3 Å². The standard InChI is InChI=1S/C11H13N3O3S.ClH/c1-7(11(15)16)14(2)5-9-12-10(13-17-9)8-3-4-18-6-8;/h3-4,6-7H,5H2,1-2H3,(H,15,16);1H. The van der Waals surface area contributed by atoms with Crippen LogP contribution >= 0.6 is 23.7 Å². The number of thiophene rings is 1. The van der Waals surface area contributed by atoms with Crippen molar-refractivity contribution in [1.29, 1.82) is 0 Å². The van der Waals surface area contributed by atoms with E-state index in [1.54, 1.807) is 30.2 Å². The van der Waals surface area contributed by atoms with E-state index in [4.69, 9.17) is 9.63 Å². The predicted octanol–water partition coefficient (Wildman–Crippen LogP) is 2.12. The van der Waals surface area contributed by atoms with Crippen molar-refractivity contribution in [1.82, 2.24) is 15.0 Å². The second-order valence-electron chi connectivity index (χ2n) is 3.95. The first-order valence-corrected chi connectivity index (χ1v) is 6.30. The van der Waals surface area contributed by atoms with Crippen molar-refractivity contribution in [2.75, 3.05) is 7.05 Å². The fraction of sp³-hybridized carbons (Fsp3) is 0.364. The number of aliphatic carboxylic acids is 1. The quantitative estimate of drug-likeness (QED) is 0.911. The first-order chi connectivity index (χ1) is 8.58. The molecule has 8 heteroatoms. The summed E-state index contributed by atoms with van der Waals surface area (Å²) in [5.74, 6) is 0.0597. The number of likely N-dealkylation sites (N-methyl/N-ethyl adjacent to an activating group) is 1. The summed E-state index contributed by atoms with van der Waals surface area (Å²) in [5, 5.41) is 16.6. The van der Waals surface area contributed by atoms with Crippen LogP contribution in [0.2, 0.25) is 0 Å². The van der Waals surface area contributed by atoms with Gasteiger partial charge in [0.2, 0.25) is 11.7 Å². The molecule has 0 saturated heterocycles. The smallest absolute Gasteiger partial charge is 0.320 e. The van der Waals surface area contributed by atoms with Gasteiger partial charge in [-0.2, -0.15) is 16.3 Å². The molecule has 0 aliphatic rings. The first-order valence-electron chi connectivity index (χ1n) is 5.36. The van der Waals surface area contributed by atoms with Crippen molar-refractivity contribution in [2.24, 2.45) is 0 Å². The van der Waals surface area contributed by atoms with Gasteiger partial charge in [-0.3, -0.25) is 9.69 Å². The summed E-state index contributed by atoms with van der Waals surface area (Å²) >= 11 is 1.56. The first kappa shape index (κ1) is 15.6. The Labute approximate surface area is 120 Å². The molecule has 0 aliphatic heterocycles. The molecule has 1 N–H and O–H groups in total. The van der Waals surface area contributed by atoms with E-state index >= 15 is 0 Å². The zero-order valence-electron chi connectivity index (χ0n) is 10.4. The lowest BCUT2D eigenvalue weighted by molar-refractivity contribution is -0.142. The third-order valence-corrected chi connectivity index (χ3v) is 3.33. The minimum Gasteiger partial charge on any atom is -0.480 e. The maximum atomic E-state index is 10.8. The molecular formula is C11H14ClN3O3S. The van der Waals surface area contributed by atoms with Crippen LogP contribution in [0.25, 0.3) is 11.4 Å². The molecule has 0 fully saturated rings. The Kier molecular flexibility index (Phi) is 5.46.